The highest BCUT2D eigenvalue weighted by molar-refractivity contribution is 6.02. The molecule has 0 saturated carbocycles. The van der Waals surface area contributed by atoms with E-state index >= 15 is 0 Å². The summed E-state index contributed by atoms with van der Waals surface area (Å²) in [5.74, 6) is 0.811. The van der Waals surface area contributed by atoms with Gasteiger partial charge >= 0.3 is 6.03 Å². The molecule has 0 unspecified atom stereocenters. The number of hydrogen-bond donors (Lipinski definition) is 2. The molecular weight excluding hydrogens is 330 g/mol. The minimum atomic E-state index is -0.318. The molecule has 0 atom stereocenters. The minimum Gasteiger partial charge on any atom is -0.495 e. The van der Waals surface area contributed by atoms with Crippen molar-refractivity contribution in [3.8, 4) is 5.75 Å². The van der Waals surface area contributed by atoms with Crippen LogP contribution >= 0.6 is 0 Å². The number of para-hydroxylation sites is 2. The van der Waals surface area contributed by atoms with Crippen molar-refractivity contribution in [2.75, 3.05) is 29.2 Å². The van der Waals surface area contributed by atoms with Gasteiger partial charge in [-0.1, -0.05) is 12.1 Å². The third-order valence-electron chi connectivity index (χ3n) is 4.89. The Morgan fingerprint density at radius 3 is 2.65 bits per heavy atom. The summed E-state index contributed by atoms with van der Waals surface area (Å²) < 4.78 is 5.26. The summed E-state index contributed by atoms with van der Waals surface area (Å²) in [6.45, 7) is 0.792. The van der Waals surface area contributed by atoms with Crippen LogP contribution in [0.15, 0.2) is 36.4 Å². The second kappa shape index (κ2) is 6.71. The van der Waals surface area contributed by atoms with Crippen molar-refractivity contribution in [2.45, 2.75) is 25.7 Å². The van der Waals surface area contributed by atoms with Crippen molar-refractivity contribution in [1.82, 2.24) is 0 Å². The molecule has 6 nitrogen and oxygen atoms in total. The van der Waals surface area contributed by atoms with Gasteiger partial charge in [0.05, 0.1) is 18.5 Å². The largest absolute Gasteiger partial charge is 0.495 e. The van der Waals surface area contributed by atoms with Crippen LogP contribution in [0.5, 0.6) is 5.75 Å². The lowest BCUT2D eigenvalue weighted by atomic mass is 9.91. The summed E-state index contributed by atoms with van der Waals surface area (Å²) in [6.07, 6.45) is 3.13. The van der Waals surface area contributed by atoms with Crippen molar-refractivity contribution in [1.29, 1.82) is 0 Å². The van der Waals surface area contributed by atoms with Crippen molar-refractivity contribution >= 4 is 29.0 Å². The molecule has 6 heteroatoms. The number of anilines is 3. The smallest absolute Gasteiger partial charge is 0.323 e. The number of amides is 3. The van der Waals surface area contributed by atoms with E-state index in [0.717, 1.165) is 48.3 Å². The van der Waals surface area contributed by atoms with E-state index in [2.05, 4.69) is 10.6 Å². The van der Waals surface area contributed by atoms with Crippen LogP contribution in [0.25, 0.3) is 0 Å². The number of carbonyl (C=O) groups is 2. The van der Waals surface area contributed by atoms with E-state index in [0.29, 0.717) is 17.9 Å². The minimum absolute atomic E-state index is 0.202. The Labute approximate surface area is 152 Å². The summed E-state index contributed by atoms with van der Waals surface area (Å²) in [5, 5.41) is 5.73. The molecule has 2 aromatic carbocycles. The number of ether oxygens (including phenoxy) is 1. The summed E-state index contributed by atoms with van der Waals surface area (Å²) in [5.41, 5.74) is 4.69. The molecule has 3 amide bonds. The number of carbonyl (C=O) groups excluding carboxylic acids is 2. The average molecular weight is 351 g/mol. The van der Waals surface area contributed by atoms with E-state index in [4.69, 9.17) is 4.74 Å². The SMILES string of the molecule is COc1ccccc1NC(=O)Nc1cc2c3c(c1)CCC(=O)N3CCC2. The molecule has 2 aliphatic heterocycles. The molecule has 0 radical (unpaired) electrons. The predicted molar refractivity (Wildman–Crippen MR) is 101 cm³/mol. The molecule has 2 N–H and O–H groups in total. The maximum absolute atomic E-state index is 12.4. The molecule has 0 bridgehead atoms. The van der Waals surface area contributed by atoms with Gasteiger partial charge in [-0.15, -0.1) is 0 Å². The first-order valence-electron chi connectivity index (χ1n) is 8.83. The Hall–Kier alpha value is -3.02. The first-order chi connectivity index (χ1) is 12.7. The van der Waals surface area contributed by atoms with Gasteiger partial charge < -0.3 is 20.3 Å². The number of benzene rings is 2. The third-order valence-corrected chi connectivity index (χ3v) is 4.89. The van der Waals surface area contributed by atoms with Crippen LogP contribution in [0, 0.1) is 0 Å². The predicted octanol–water partition coefficient (Wildman–Crippen LogP) is 3.56. The topological polar surface area (TPSA) is 70.7 Å². The highest BCUT2D eigenvalue weighted by atomic mass is 16.5. The zero-order chi connectivity index (χ0) is 18.1. The van der Waals surface area contributed by atoms with Crippen molar-refractivity contribution in [3.63, 3.8) is 0 Å². The van der Waals surface area contributed by atoms with E-state index in [1.54, 1.807) is 19.2 Å². The van der Waals surface area contributed by atoms with Crippen LogP contribution in [-0.4, -0.2) is 25.6 Å². The molecule has 0 aliphatic carbocycles. The first kappa shape index (κ1) is 16.4. The van der Waals surface area contributed by atoms with Crippen LogP contribution in [0.1, 0.15) is 24.0 Å². The number of urea groups is 1. The number of rotatable bonds is 3. The number of hydrogen-bond acceptors (Lipinski definition) is 3. The van der Waals surface area contributed by atoms with E-state index < -0.39 is 0 Å². The maximum Gasteiger partial charge on any atom is 0.323 e. The normalized spacial score (nSPS) is 15.3. The second-order valence-electron chi connectivity index (χ2n) is 6.57. The molecule has 2 aliphatic rings. The monoisotopic (exact) mass is 351 g/mol. The van der Waals surface area contributed by atoms with Crippen LogP contribution < -0.4 is 20.3 Å². The fourth-order valence-electron chi connectivity index (χ4n) is 3.76. The summed E-state index contributed by atoms with van der Waals surface area (Å²) in [6, 6.07) is 10.9. The number of methoxy groups -OCH3 is 1. The standard InChI is InChI=1S/C20H21N3O3/c1-26-17-7-3-2-6-16(17)22-20(25)21-15-11-13-5-4-10-23-18(24)9-8-14(12-15)19(13)23/h2-3,6-7,11-12H,4-5,8-10H2,1H3,(H2,21,22,25). The van der Waals surface area contributed by atoms with E-state index in [1.807, 2.05) is 29.2 Å². The highest BCUT2D eigenvalue weighted by Crippen LogP contribution is 2.38. The quantitative estimate of drug-likeness (QED) is 0.888. The molecule has 0 aromatic heterocycles. The van der Waals surface area contributed by atoms with E-state index in [9.17, 15) is 9.59 Å². The van der Waals surface area contributed by atoms with Crippen LogP contribution in [-0.2, 0) is 17.6 Å². The van der Waals surface area contributed by atoms with Crippen molar-refractivity contribution in [3.05, 3.63) is 47.5 Å². The van der Waals surface area contributed by atoms with Gasteiger partial charge in [0.1, 0.15) is 5.75 Å². The Morgan fingerprint density at radius 1 is 1.08 bits per heavy atom. The fourth-order valence-corrected chi connectivity index (χ4v) is 3.76. The Bertz CT molecular complexity index is 861. The average Bonchev–Trinajstić information content (AvgIpc) is 2.65. The third kappa shape index (κ3) is 2.98. The lowest BCUT2D eigenvalue weighted by Gasteiger charge is -2.35. The van der Waals surface area contributed by atoms with Gasteiger partial charge in [0, 0.05) is 18.7 Å². The Balaban J connectivity index is 1.56. The van der Waals surface area contributed by atoms with Gasteiger partial charge in [0.25, 0.3) is 0 Å². The Morgan fingerprint density at radius 2 is 1.85 bits per heavy atom. The lowest BCUT2D eigenvalue weighted by Crippen LogP contribution is -2.39. The molecule has 0 saturated heterocycles. The second-order valence-corrected chi connectivity index (χ2v) is 6.57. The molecule has 0 spiro atoms. The summed E-state index contributed by atoms with van der Waals surface area (Å²) in [7, 11) is 1.57. The van der Waals surface area contributed by atoms with Gasteiger partial charge in [-0.2, -0.15) is 0 Å². The molecule has 26 heavy (non-hydrogen) atoms. The zero-order valence-corrected chi connectivity index (χ0v) is 14.7. The molecule has 0 fully saturated rings. The van der Waals surface area contributed by atoms with E-state index in [-0.39, 0.29) is 11.9 Å². The molecular formula is C20H21N3O3. The molecule has 2 aromatic rings. The fraction of sp³-hybridized carbons (Fsp3) is 0.300. The number of nitrogens with one attached hydrogen (secondary N) is 2. The zero-order valence-electron chi connectivity index (χ0n) is 14.7. The first-order valence-corrected chi connectivity index (χ1v) is 8.83. The van der Waals surface area contributed by atoms with Gasteiger partial charge in [-0.05, 0) is 54.7 Å². The maximum atomic E-state index is 12.4. The Kier molecular flexibility index (Phi) is 4.24. The van der Waals surface area contributed by atoms with Gasteiger partial charge in [-0.25, -0.2) is 4.79 Å². The lowest BCUT2D eigenvalue weighted by molar-refractivity contribution is -0.119. The van der Waals surface area contributed by atoms with Gasteiger partial charge in [0.2, 0.25) is 5.91 Å². The van der Waals surface area contributed by atoms with Crippen LogP contribution in [0.4, 0.5) is 21.9 Å². The van der Waals surface area contributed by atoms with Crippen molar-refractivity contribution in [2.24, 2.45) is 0 Å². The van der Waals surface area contributed by atoms with E-state index in [1.165, 1.54) is 0 Å². The molecule has 4 rings (SSSR count). The van der Waals surface area contributed by atoms with Gasteiger partial charge in [-0.3, -0.25) is 4.79 Å². The van der Waals surface area contributed by atoms with Gasteiger partial charge in [0.15, 0.2) is 0 Å². The highest BCUT2D eigenvalue weighted by Gasteiger charge is 2.29. The molecule has 2 heterocycles. The number of aryl methyl sites for hydroxylation is 2. The number of nitrogens with zero attached hydrogens (tertiary/aromatic N) is 1. The van der Waals surface area contributed by atoms with Crippen LogP contribution in [0.2, 0.25) is 0 Å². The van der Waals surface area contributed by atoms with Crippen LogP contribution in [0.3, 0.4) is 0 Å². The molecule has 134 valence electrons. The van der Waals surface area contributed by atoms with Crippen molar-refractivity contribution < 1.29 is 14.3 Å². The summed E-state index contributed by atoms with van der Waals surface area (Å²) >= 11 is 0. The summed E-state index contributed by atoms with van der Waals surface area (Å²) in [4.78, 5) is 26.4.